The van der Waals surface area contributed by atoms with Crippen molar-refractivity contribution in [3.63, 3.8) is 0 Å². The van der Waals surface area contributed by atoms with E-state index in [4.69, 9.17) is 0 Å². The molecule has 0 bridgehead atoms. The predicted molar refractivity (Wildman–Crippen MR) is 75.0 cm³/mol. The number of nitrogens with zero attached hydrogens (tertiary/aromatic N) is 2. The van der Waals surface area contributed by atoms with Crippen molar-refractivity contribution in [2.45, 2.75) is 13.1 Å². The van der Waals surface area contributed by atoms with Crippen LogP contribution in [0.3, 0.4) is 0 Å². The summed E-state index contributed by atoms with van der Waals surface area (Å²) in [6, 6.07) is 5.75. The number of aryl methyl sites for hydroxylation is 1. The van der Waals surface area contributed by atoms with Crippen LogP contribution in [0.1, 0.15) is 21.6 Å². The van der Waals surface area contributed by atoms with Crippen molar-refractivity contribution in [1.82, 2.24) is 4.98 Å². The Labute approximate surface area is 128 Å². The Morgan fingerprint density at radius 1 is 1.26 bits per heavy atom. The highest BCUT2D eigenvalue weighted by Crippen LogP contribution is 2.27. The first kappa shape index (κ1) is 16.4. The van der Waals surface area contributed by atoms with Gasteiger partial charge in [0.05, 0.1) is 10.5 Å². The lowest BCUT2D eigenvalue weighted by Crippen LogP contribution is -2.14. The highest BCUT2D eigenvalue weighted by molar-refractivity contribution is 6.04. The standard InChI is InChI=1S/C14H10F3N3O3/c1-8-2-4-10(6-11(8)20(22)23)19-13(21)9-3-5-12(18-7-9)14(15,16)17/h2-7H,1H3,(H,19,21). The van der Waals surface area contributed by atoms with Crippen molar-refractivity contribution in [1.29, 1.82) is 0 Å². The summed E-state index contributed by atoms with van der Waals surface area (Å²) in [7, 11) is 0. The summed E-state index contributed by atoms with van der Waals surface area (Å²) in [5.74, 6) is -0.718. The second-order valence-corrected chi connectivity index (χ2v) is 4.64. The van der Waals surface area contributed by atoms with Gasteiger partial charge in [0, 0.05) is 23.5 Å². The zero-order chi connectivity index (χ0) is 17.2. The highest BCUT2D eigenvalue weighted by Gasteiger charge is 2.32. The predicted octanol–water partition coefficient (Wildman–Crippen LogP) is 3.57. The summed E-state index contributed by atoms with van der Waals surface area (Å²) in [6.45, 7) is 1.55. The fraction of sp³-hybridized carbons (Fsp3) is 0.143. The van der Waals surface area contributed by atoms with E-state index >= 15 is 0 Å². The maximum Gasteiger partial charge on any atom is 0.433 e. The fourth-order valence-corrected chi connectivity index (χ4v) is 1.78. The molecule has 0 atom stereocenters. The molecular weight excluding hydrogens is 315 g/mol. The number of rotatable bonds is 3. The van der Waals surface area contributed by atoms with Gasteiger partial charge in [-0.1, -0.05) is 6.07 Å². The Hall–Kier alpha value is -2.97. The molecule has 120 valence electrons. The number of aromatic nitrogens is 1. The molecule has 0 aliphatic carbocycles. The van der Waals surface area contributed by atoms with Crippen LogP contribution in [0.5, 0.6) is 0 Å². The molecule has 0 spiro atoms. The molecule has 0 unspecified atom stereocenters. The number of pyridine rings is 1. The normalized spacial score (nSPS) is 11.1. The van der Waals surface area contributed by atoms with Crippen LogP contribution in [0.4, 0.5) is 24.5 Å². The number of amides is 1. The van der Waals surface area contributed by atoms with Gasteiger partial charge in [-0.2, -0.15) is 13.2 Å². The van der Waals surface area contributed by atoms with Crippen LogP contribution in [-0.4, -0.2) is 15.8 Å². The number of hydrogen-bond acceptors (Lipinski definition) is 4. The minimum Gasteiger partial charge on any atom is -0.322 e. The van der Waals surface area contributed by atoms with Crippen molar-refractivity contribution in [3.8, 4) is 0 Å². The van der Waals surface area contributed by atoms with Gasteiger partial charge in [0.2, 0.25) is 0 Å². The summed E-state index contributed by atoms with van der Waals surface area (Å²) in [5.41, 5.74) is -0.800. The van der Waals surface area contributed by atoms with Gasteiger partial charge in [-0.25, -0.2) is 0 Å². The van der Waals surface area contributed by atoms with Crippen LogP contribution >= 0.6 is 0 Å². The van der Waals surface area contributed by atoms with Crippen LogP contribution in [0.25, 0.3) is 0 Å². The molecule has 1 aromatic carbocycles. The van der Waals surface area contributed by atoms with Gasteiger partial charge in [0.15, 0.2) is 0 Å². The zero-order valence-electron chi connectivity index (χ0n) is 11.7. The summed E-state index contributed by atoms with van der Waals surface area (Å²) in [6.07, 6.45) is -3.80. The van der Waals surface area contributed by atoms with Gasteiger partial charge >= 0.3 is 6.18 Å². The van der Waals surface area contributed by atoms with E-state index in [0.29, 0.717) is 11.6 Å². The lowest BCUT2D eigenvalue weighted by Gasteiger charge is -2.08. The van der Waals surface area contributed by atoms with Crippen molar-refractivity contribution in [2.75, 3.05) is 5.32 Å². The zero-order valence-corrected chi connectivity index (χ0v) is 11.7. The van der Waals surface area contributed by atoms with Crippen LogP contribution in [0.2, 0.25) is 0 Å². The van der Waals surface area contributed by atoms with Crippen molar-refractivity contribution in [3.05, 3.63) is 63.5 Å². The molecule has 0 saturated heterocycles. The maximum absolute atomic E-state index is 12.4. The number of nitro benzene ring substituents is 1. The average molecular weight is 325 g/mol. The molecule has 1 aromatic heterocycles. The number of nitro groups is 1. The van der Waals surface area contributed by atoms with Crippen LogP contribution < -0.4 is 5.32 Å². The summed E-state index contributed by atoms with van der Waals surface area (Å²) >= 11 is 0. The van der Waals surface area contributed by atoms with Crippen LogP contribution in [-0.2, 0) is 6.18 Å². The number of alkyl halides is 3. The topological polar surface area (TPSA) is 85.1 Å². The van der Waals surface area contributed by atoms with Crippen molar-refractivity contribution < 1.29 is 22.9 Å². The maximum atomic E-state index is 12.4. The van der Waals surface area contributed by atoms with E-state index in [9.17, 15) is 28.1 Å². The third kappa shape index (κ3) is 3.82. The molecule has 0 radical (unpaired) electrons. The number of benzene rings is 1. The molecule has 2 rings (SSSR count). The Balaban J connectivity index is 2.19. The van der Waals surface area contributed by atoms with E-state index in [-0.39, 0.29) is 16.9 Å². The van der Waals surface area contributed by atoms with E-state index in [1.807, 2.05) is 0 Å². The SMILES string of the molecule is Cc1ccc(NC(=O)c2ccc(C(F)(F)F)nc2)cc1[N+](=O)[O-]. The molecular formula is C14H10F3N3O3. The quantitative estimate of drug-likeness (QED) is 0.690. The Kier molecular flexibility index (Phi) is 4.30. The third-order valence-electron chi connectivity index (χ3n) is 2.98. The van der Waals surface area contributed by atoms with Gasteiger partial charge in [-0.05, 0) is 25.1 Å². The molecule has 1 N–H and O–H groups in total. The van der Waals surface area contributed by atoms with Gasteiger partial charge in [-0.15, -0.1) is 0 Å². The number of nitrogens with one attached hydrogen (secondary N) is 1. The van der Waals surface area contributed by atoms with Gasteiger partial charge in [-0.3, -0.25) is 19.9 Å². The third-order valence-corrected chi connectivity index (χ3v) is 2.98. The van der Waals surface area contributed by atoms with Crippen LogP contribution in [0.15, 0.2) is 36.5 Å². The number of hydrogen-bond donors (Lipinski definition) is 1. The molecule has 23 heavy (non-hydrogen) atoms. The molecule has 1 heterocycles. The lowest BCUT2D eigenvalue weighted by molar-refractivity contribution is -0.385. The van der Waals surface area contributed by atoms with Crippen LogP contribution in [0, 0.1) is 17.0 Å². The van der Waals surface area contributed by atoms with Crippen molar-refractivity contribution in [2.24, 2.45) is 0 Å². The molecule has 0 saturated carbocycles. The van der Waals surface area contributed by atoms with E-state index in [2.05, 4.69) is 10.3 Å². The first-order chi connectivity index (χ1) is 10.7. The van der Waals surface area contributed by atoms with E-state index in [0.717, 1.165) is 12.3 Å². The van der Waals surface area contributed by atoms with E-state index in [1.165, 1.54) is 18.2 Å². The Bertz CT molecular complexity index is 758. The largest absolute Gasteiger partial charge is 0.433 e. The Morgan fingerprint density at radius 3 is 2.48 bits per heavy atom. The first-order valence-corrected chi connectivity index (χ1v) is 6.28. The smallest absolute Gasteiger partial charge is 0.322 e. The number of anilines is 1. The minimum atomic E-state index is -4.59. The molecule has 0 fully saturated rings. The number of halogens is 3. The lowest BCUT2D eigenvalue weighted by atomic mass is 10.1. The first-order valence-electron chi connectivity index (χ1n) is 6.28. The average Bonchev–Trinajstić information content (AvgIpc) is 2.48. The molecule has 2 aromatic rings. The van der Waals surface area contributed by atoms with E-state index in [1.54, 1.807) is 6.92 Å². The Morgan fingerprint density at radius 2 is 1.96 bits per heavy atom. The summed E-state index contributed by atoms with van der Waals surface area (Å²) in [5, 5.41) is 13.2. The van der Waals surface area contributed by atoms with E-state index < -0.39 is 22.7 Å². The molecule has 1 amide bonds. The number of carbonyl (C=O) groups is 1. The second kappa shape index (κ2) is 6.03. The molecule has 0 aliphatic heterocycles. The summed E-state index contributed by atoms with van der Waals surface area (Å²) in [4.78, 5) is 25.4. The van der Waals surface area contributed by atoms with Gasteiger partial charge in [0.25, 0.3) is 11.6 Å². The monoisotopic (exact) mass is 325 g/mol. The fourth-order valence-electron chi connectivity index (χ4n) is 1.78. The number of carbonyl (C=O) groups excluding carboxylic acids is 1. The van der Waals surface area contributed by atoms with Gasteiger partial charge < -0.3 is 5.32 Å². The van der Waals surface area contributed by atoms with Crippen molar-refractivity contribution >= 4 is 17.3 Å². The molecule has 6 nitrogen and oxygen atoms in total. The second-order valence-electron chi connectivity index (χ2n) is 4.64. The minimum absolute atomic E-state index is 0.0961. The summed E-state index contributed by atoms with van der Waals surface area (Å²) < 4.78 is 37.2. The highest BCUT2D eigenvalue weighted by atomic mass is 19.4. The molecule has 0 aliphatic rings. The molecule has 9 heteroatoms. The van der Waals surface area contributed by atoms with Gasteiger partial charge in [0.1, 0.15) is 5.69 Å².